The zero-order valence-electron chi connectivity index (χ0n) is 23.8. The average Bonchev–Trinajstić information content (AvgIpc) is 3.23. The summed E-state index contributed by atoms with van der Waals surface area (Å²) in [5.74, 6) is 0.699. The van der Waals surface area contributed by atoms with Crippen LogP contribution in [0.5, 0.6) is 0 Å². The van der Waals surface area contributed by atoms with Crippen LogP contribution in [0.25, 0.3) is 6.08 Å². The van der Waals surface area contributed by atoms with Crippen LogP contribution in [0.3, 0.4) is 0 Å². The molecule has 0 radical (unpaired) electrons. The van der Waals surface area contributed by atoms with Crippen molar-refractivity contribution in [3.8, 4) is 6.07 Å². The smallest absolute Gasteiger partial charge is 0.270 e. The van der Waals surface area contributed by atoms with Gasteiger partial charge in [-0.1, -0.05) is 86.9 Å². The van der Waals surface area contributed by atoms with Gasteiger partial charge in [0.05, 0.1) is 4.91 Å². The van der Waals surface area contributed by atoms with Crippen LogP contribution >= 0.6 is 24.0 Å². The summed E-state index contributed by atoms with van der Waals surface area (Å²) in [4.78, 5) is 33.7. The maximum atomic E-state index is 13.4. The number of hydrogen-bond acceptors (Lipinski definition) is 7. The number of anilines is 1. The van der Waals surface area contributed by atoms with Gasteiger partial charge in [0.2, 0.25) is 0 Å². The van der Waals surface area contributed by atoms with Crippen molar-refractivity contribution in [2.24, 2.45) is 0 Å². The number of thioether (sulfide) groups is 1. The van der Waals surface area contributed by atoms with Crippen LogP contribution in [-0.2, 0) is 17.9 Å². The molecule has 2 aliphatic heterocycles. The van der Waals surface area contributed by atoms with Crippen LogP contribution < -0.4 is 10.5 Å². The van der Waals surface area contributed by atoms with E-state index in [1.807, 2.05) is 26.0 Å². The molecule has 0 spiro atoms. The van der Waals surface area contributed by atoms with Crippen molar-refractivity contribution >= 4 is 46.1 Å². The molecule has 1 aromatic heterocycles. The summed E-state index contributed by atoms with van der Waals surface area (Å²) >= 11 is 6.90. The fourth-order valence-electron chi connectivity index (χ4n) is 5.43. The maximum absolute atomic E-state index is 13.4. The van der Waals surface area contributed by atoms with Crippen LogP contribution in [-0.4, -0.2) is 57.3 Å². The Morgan fingerprint density at radius 3 is 2.38 bits per heavy atom. The second kappa shape index (κ2) is 14.1. The van der Waals surface area contributed by atoms with E-state index in [1.54, 1.807) is 9.47 Å². The largest absolute Gasteiger partial charge is 0.355 e. The predicted molar refractivity (Wildman–Crippen MR) is 168 cm³/mol. The zero-order valence-corrected chi connectivity index (χ0v) is 25.5. The number of pyridine rings is 1. The lowest BCUT2D eigenvalue weighted by Crippen LogP contribution is -2.48. The number of thiocarbonyl (C=S) groups is 1. The highest BCUT2D eigenvalue weighted by atomic mass is 32.2. The van der Waals surface area contributed by atoms with Gasteiger partial charge < -0.3 is 4.90 Å². The summed E-state index contributed by atoms with van der Waals surface area (Å²) in [5.41, 5.74) is 2.51. The molecule has 0 bridgehead atoms. The van der Waals surface area contributed by atoms with Gasteiger partial charge in [-0.25, -0.2) is 0 Å². The first-order valence-corrected chi connectivity index (χ1v) is 15.6. The van der Waals surface area contributed by atoms with Gasteiger partial charge in [-0.05, 0) is 37.5 Å². The van der Waals surface area contributed by atoms with Gasteiger partial charge in [-0.3, -0.25) is 24.0 Å². The van der Waals surface area contributed by atoms with E-state index in [0.717, 1.165) is 63.4 Å². The molecule has 3 heterocycles. The topological polar surface area (TPSA) is 72.6 Å². The Bertz CT molecular complexity index is 1350. The molecule has 1 amide bonds. The molecular weight excluding hydrogens is 539 g/mol. The predicted octanol–water partition coefficient (Wildman–Crippen LogP) is 5.54. The van der Waals surface area contributed by atoms with Crippen LogP contribution in [0.1, 0.15) is 68.2 Å². The average molecular weight is 578 g/mol. The van der Waals surface area contributed by atoms with E-state index in [9.17, 15) is 14.9 Å². The Kier molecular flexibility index (Phi) is 10.6. The van der Waals surface area contributed by atoms with Crippen LogP contribution in [0.4, 0.5) is 5.82 Å². The number of nitrogens with zero attached hydrogens (tertiary/aromatic N) is 5. The van der Waals surface area contributed by atoms with Crippen molar-refractivity contribution in [2.45, 2.75) is 66.0 Å². The lowest BCUT2D eigenvalue weighted by atomic mass is 10.0. The SMILES string of the molecule is CCCCCCCN1C(=O)C(=Cc2c(C)c(C#N)c(=O)n(CC)c2N2CCN(Cc3ccccc3)CC2)SC1=S. The first-order chi connectivity index (χ1) is 19.4. The highest BCUT2D eigenvalue weighted by Gasteiger charge is 2.33. The van der Waals surface area contributed by atoms with Gasteiger partial charge >= 0.3 is 0 Å². The Morgan fingerprint density at radius 1 is 1.02 bits per heavy atom. The number of aromatic nitrogens is 1. The highest BCUT2D eigenvalue weighted by Crippen LogP contribution is 2.36. The summed E-state index contributed by atoms with van der Waals surface area (Å²) in [6.45, 7) is 11.1. The molecule has 2 aliphatic rings. The van der Waals surface area contributed by atoms with E-state index < -0.39 is 0 Å². The minimum absolute atomic E-state index is 0.0868. The number of piperazine rings is 1. The summed E-state index contributed by atoms with van der Waals surface area (Å²) in [5, 5.41) is 9.87. The van der Waals surface area contributed by atoms with Gasteiger partial charge in [0, 0.05) is 51.4 Å². The quantitative estimate of drug-likeness (QED) is 0.197. The number of unbranched alkanes of at least 4 members (excludes halogenated alkanes) is 4. The summed E-state index contributed by atoms with van der Waals surface area (Å²) in [7, 11) is 0. The molecule has 2 aromatic rings. The molecule has 0 unspecified atom stereocenters. The number of amides is 1. The molecule has 4 rings (SSSR count). The third kappa shape index (κ3) is 6.68. The van der Waals surface area contributed by atoms with Crippen molar-refractivity contribution in [3.05, 3.63) is 67.8 Å². The number of rotatable bonds is 11. The number of carbonyl (C=O) groups excluding carboxylic acids is 1. The second-order valence-corrected chi connectivity index (χ2v) is 12.1. The maximum Gasteiger partial charge on any atom is 0.270 e. The standard InChI is InChI=1S/C31H39N5O2S2/c1-4-6-7-8-12-15-36-30(38)27(40-31(36)39)20-25-23(3)26(21-32)29(37)35(5-2)28(25)34-18-16-33(17-19-34)22-24-13-10-9-11-14-24/h9-11,13-14,20H,4-8,12,15-19,22H2,1-3H3. The van der Waals surface area contributed by atoms with Crippen LogP contribution in [0.15, 0.2) is 40.0 Å². The van der Waals surface area contributed by atoms with E-state index >= 15 is 0 Å². The van der Waals surface area contributed by atoms with Gasteiger partial charge in [0.15, 0.2) is 0 Å². The summed E-state index contributed by atoms with van der Waals surface area (Å²) in [6, 6.07) is 12.6. The first-order valence-electron chi connectivity index (χ1n) is 14.3. The molecule has 2 saturated heterocycles. The van der Waals surface area contributed by atoms with Crippen molar-refractivity contribution in [1.29, 1.82) is 5.26 Å². The molecule has 212 valence electrons. The molecule has 0 saturated carbocycles. The lowest BCUT2D eigenvalue weighted by molar-refractivity contribution is -0.122. The number of carbonyl (C=O) groups is 1. The molecule has 0 N–H and O–H groups in total. The van der Waals surface area contributed by atoms with Crippen molar-refractivity contribution < 1.29 is 4.79 Å². The fourth-order valence-corrected chi connectivity index (χ4v) is 6.73. The molecule has 2 fully saturated rings. The second-order valence-electron chi connectivity index (χ2n) is 10.4. The molecule has 40 heavy (non-hydrogen) atoms. The first kappa shape index (κ1) is 30.0. The van der Waals surface area contributed by atoms with Crippen molar-refractivity contribution in [2.75, 3.05) is 37.6 Å². The molecule has 7 nitrogen and oxygen atoms in total. The molecule has 1 aromatic carbocycles. The molecule has 0 aliphatic carbocycles. The number of nitriles is 1. The van der Waals surface area contributed by atoms with Gasteiger partial charge in [0.25, 0.3) is 11.5 Å². The minimum atomic E-state index is -0.277. The van der Waals surface area contributed by atoms with Crippen LogP contribution in [0, 0.1) is 18.3 Å². The van der Waals surface area contributed by atoms with E-state index in [4.69, 9.17) is 12.2 Å². The Labute approximate surface area is 247 Å². The third-order valence-electron chi connectivity index (χ3n) is 7.72. The molecule has 0 atom stereocenters. The van der Waals surface area contributed by atoms with Gasteiger partial charge in [-0.2, -0.15) is 5.26 Å². The number of hydrogen-bond donors (Lipinski definition) is 0. The fraction of sp³-hybridized carbons (Fsp3) is 0.484. The molecular formula is C31H39N5O2S2. The summed E-state index contributed by atoms with van der Waals surface area (Å²) in [6.07, 6.45) is 7.42. The van der Waals surface area contributed by atoms with Crippen LogP contribution in [0.2, 0.25) is 0 Å². The van der Waals surface area contributed by atoms with Crippen molar-refractivity contribution in [3.63, 3.8) is 0 Å². The summed E-state index contributed by atoms with van der Waals surface area (Å²) < 4.78 is 2.27. The number of benzene rings is 1. The molecule has 9 heteroatoms. The normalized spacial score (nSPS) is 17.2. The third-order valence-corrected chi connectivity index (χ3v) is 9.10. The zero-order chi connectivity index (χ0) is 28.6. The van der Waals surface area contributed by atoms with Gasteiger partial charge in [0.1, 0.15) is 21.8 Å². The highest BCUT2D eigenvalue weighted by molar-refractivity contribution is 8.26. The Hall–Kier alpha value is -2.93. The Morgan fingerprint density at radius 2 is 1.73 bits per heavy atom. The van der Waals surface area contributed by atoms with E-state index in [2.05, 4.69) is 47.1 Å². The minimum Gasteiger partial charge on any atom is -0.355 e. The van der Waals surface area contributed by atoms with Crippen molar-refractivity contribution in [1.82, 2.24) is 14.4 Å². The Balaban J connectivity index is 1.62. The monoisotopic (exact) mass is 577 g/mol. The van der Waals surface area contributed by atoms with E-state index in [-0.39, 0.29) is 17.0 Å². The van der Waals surface area contributed by atoms with E-state index in [1.165, 1.54) is 30.2 Å². The van der Waals surface area contributed by atoms with E-state index in [0.29, 0.717) is 27.9 Å². The van der Waals surface area contributed by atoms with Gasteiger partial charge in [-0.15, -0.1) is 0 Å². The lowest BCUT2D eigenvalue weighted by Gasteiger charge is -2.38.